The first-order valence-electron chi connectivity index (χ1n) is 7.81. The number of halogens is 1. The minimum Gasteiger partial charge on any atom is -0.355 e. The van der Waals surface area contributed by atoms with Crippen molar-refractivity contribution >= 4 is 5.91 Å². The molecule has 1 heterocycles. The molecule has 0 atom stereocenters. The van der Waals surface area contributed by atoms with E-state index in [1.807, 2.05) is 6.92 Å². The highest BCUT2D eigenvalue weighted by atomic mass is 19.1. The summed E-state index contributed by atoms with van der Waals surface area (Å²) in [4.78, 5) is 24.3. The zero-order chi connectivity index (χ0) is 18.0. The summed E-state index contributed by atoms with van der Waals surface area (Å²) < 4.78 is 14.7. The lowest BCUT2D eigenvalue weighted by molar-refractivity contribution is 0.0963. The van der Waals surface area contributed by atoms with E-state index >= 15 is 0 Å². The molecule has 1 amide bonds. The molecule has 0 aliphatic carbocycles. The van der Waals surface area contributed by atoms with Crippen LogP contribution in [0.3, 0.4) is 0 Å². The standard InChI is InChI=1S/C20H17FN2O2/c1-13-10-19(24)23(12-18(13)14-6-8-16(21)9-7-14)17-5-3-4-15(11-17)20(25)22-2/h3-12H,1-2H3,(H,22,25). The average molecular weight is 336 g/mol. The van der Waals surface area contributed by atoms with Crippen LogP contribution in [0.1, 0.15) is 15.9 Å². The van der Waals surface area contributed by atoms with Gasteiger partial charge in [-0.05, 0) is 48.4 Å². The molecule has 5 heteroatoms. The summed E-state index contributed by atoms with van der Waals surface area (Å²) in [5, 5.41) is 2.56. The molecule has 25 heavy (non-hydrogen) atoms. The minimum absolute atomic E-state index is 0.197. The molecule has 1 aromatic heterocycles. The van der Waals surface area contributed by atoms with Crippen molar-refractivity contribution in [3.05, 3.63) is 88.1 Å². The fourth-order valence-electron chi connectivity index (χ4n) is 2.70. The smallest absolute Gasteiger partial charge is 0.255 e. The van der Waals surface area contributed by atoms with E-state index < -0.39 is 0 Å². The molecule has 0 radical (unpaired) electrons. The second-order valence-electron chi connectivity index (χ2n) is 5.71. The van der Waals surface area contributed by atoms with Gasteiger partial charge in [0, 0.05) is 36.1 Å². The van der Waals surface area contributed by atoms with Gasteiger partial charge >= 0.3 is 0 Å². The van der Waals surface area contributed by atoms with E-state index in [1.165, 1.54) is 22.8 Å². The summed E-state index contributed by atoms with van der Waals surface area (Å²) in [7, 11) is 1.56. The lowest BCUT2D eigenvalue weighted by Crippen LogP contribution is -2.20. The number of pyridine rings is 1. The maximum atomic E-state index is 13.2. The maximum Gasteiger partial charge on any atom is 0.255 e. The van der Waals surface area contributed by atoms with Crippen molar-refractivity contribution in [1.82, 2.24) is 9.88 Å². The molecule has 0 bridgehead atoms. The predicted octanol–water partition coefficient (Wildman–Crippen LogP) is 3.31. The molecule has 0 aliphatic rings. The molecule has 4 nitrogen and oxygen atoms in total. The number of aromatic nitrogens is 1. The summed E-state index contributed by atoms with van der Waals surface area (Å²) in [6.45, 7) is 1.84. The zero-order valence-corrected chi connectivity index (χ0v) is 13.9. The van der Waals surface area contributed by atoms with Crippen LogP contribution in [-0.4, -0.2) is 17.5 Å². The fraction of sp³-hybridized carbons (Fsp3) is 0.100. The van der Waals surface area contributed by atoms with E-state index in [4.69, 9.17) is 0 Å². The Bertz CT molecular complexity index is 991. The van der Waals surface area contributed by atoms with Crippen LogP contribution in [-0.2, 0) is 0 Å². The van der Waals surface area contributed by atoms with Gasteiger partial charge in [0.15, 0.2) is 0 Å². The SMILES string of the molecule is CNC(=O)c1cccc(-n2cc(-c3ccc(F)cc3)c(C)cc2=O)c1. The van der Waals surface area contributed by atoms with E-state index in [0.717, 1.165) is 16.7 Å². The van der Waals surface area contributed by atoms with Crippen molar-refractivity contribution in [2.75, 3.05) is 7.05 Å². The highest BCUT2D eigenvalue weighted by Crippen LogP contribution is 2.23. The average Bonchev–Trinajstić information content (AvgIpc) is 2.62. The lowest BCUT2D eigenvalue weighted by Gasteiger charge is -2.12. The Morgan fingerprint density at radius 1 is 1.08 bits per heavy atom. The van der Waals surface area contributed by atoms with E-state index in [-0.39, 0.29) is 17.3 Å². The van der Waals surface area contributed by atoms with E-state index in [0.29, 0.717) is 11.3 Å². The number of rotatable bonds is 3. The largest absolute Gasteiger partial charge is 0.355 e. The van der Waals surface area contributed by atoms with Crippen molar-refractivity contribution in [1.29, 1.82) is 0 Å². The molecule has 126 valence electrons. The number of aryl methyl sites for hydroxylation is 1. The Morgan fingerprint density at radius 2 is 1.80 bits per heavy atom. The third kappa shape index (κ3) is 3.35. The second-order valence-corrected chi connectivity index (χ2v) is 5.71. The summed E-state index contributed by atoms with van der Waals surface area (Å²) >= 11 is 0. The number of carbonyl (C=O) groups is 1. The van der Waals surface area contributed by atoms with Gasteiger partial charge in [0.1, 0.15) is 5.82 Å². The first-order chi connectivity index (χ1) is 12.0. The molecule has 1 N–H and O–H groups in total. The molecule has 0 unspecified atom stereocenters. The quantitative estimate of drug-likeness (QED) is 0.798. The van der Waals surface area contributed by atoms with Crippen molar-refractivity contribution in [2.45, 2.75) is 6.92 Å². The van der Waals surface area contributed by atoms with Crippen LogP contribution in [0, 0.1) is 12.7 Å². The Labute approximate surface area is 144 Å². The molecular weight excluding hydrogens is 319 g/mol. The number of nitrogens with zero attached hydrogens (tertiary/aromatic N) is 1. The zero-order valence-electron chi connectivity index (χ0n) is 13.9. The molecular formula is C20H17FN2O2. The molecule has 0 saturated carbocycles. The van der Waals surface area contributed by atoms with Crippen molar-refractivity contribution in [3.63, 3.8) is 0 Å². The lowest BCUT2D eigenvalue weighted by atomic mass is 10.0. The first-order valence-corrected chi connectivity index (χ1v) is 7.81. The number of carbonyl (C=O) groups excluding carboxylic acids is 1. The number of benzene rings is 2. The van der Waals surface area contributed by atoms with Crippen LogP contribution in [0.2, 0.25) is 0 Å². The Balaban J connectivity index is 2.14. The molecule has 3 rings (SSSR count). The van der Waals surface area contributed by atoms with E-state index in [2.05, 4.69) is 5.32 Å². The summed E-state index contributed by atoms with van der Waals surface area (Å²) in [6, 6.07) is 14.5. The van der Waals surface area contributed by atoms with Gasteiger partial charge in [0.05, 0.1) is 0 Å². The van der Waals surface area contributed by atoms with Gasteiger partial charge in [-0.15, -0.1) is 0 Å². The molecule has 0 spiro atoms. The van der Waals surface area contributed by atoms with Gasteiger partial charge in [-0.1, -0.05) is 18.2 Å². The van der Waals surface area contributed by atoms with Crippen LogP contribution in [0.5, 0.6) is 0 Å². The van der Waals surface area contributed by atoms with Crippen LogP contribution >= 0.6 is 0 Å². The van der Waals surface area contributed by atoms with Crippen LogP contribution in [0.15, 0.2) is 65.6 Å². The second kappa shape index (κ2) is 6.73. The van der Waals surface area contributed by atoms with Gasteiger partial charge in [-0.2, -0.15) is 0 Å². The Kier molecular flexibility index (Phi) is 4.48. The van der Waals surface area contributed by atoms with E-state index in [1.54, 1.807) is 49.6 Å². The number of hydrogen-bond acceptors (Lipinski definition) is 2. The minimum atomic E-state index is -0.312. The number of nitrogens with one attached hydrogen (secondary N) is 1. The van der Waals surface area contributed by atoms with Crippen molar-refractivity contribution < 1.29 is 9.18 Å². The van der Waals surface area contributed by atoms with Crippen LogP contribution < -0.4 is 10.9 Å². The first kappa shape index (κ1) is 16.6. The van der Waals surface area contributed by atoms with Crippen molar-refractivity contribution in [3.8, 4) is 16.8 Å². The van der Waals surface area contributed by atoms with Crippen LogP contribution in [0.25, 0.3) is 16.8 Å². The van der Waals surface area contributed by atoms with Crippen molar-refractivity contribution in [2.24, 2.45) is 0 Å². The Morgan fingerprint density at radius 3 is 2.48 bits per heavy atom. The van der Waals surface area contributed by atoms with Crippen LogP contribution in [0.4, 0.5) is 4.39 Å². The predicted molar refractivity (Wildman–Crippen MR) is 95.6 cm³/mol. The molecule has 0 fully saturated rings. The monoisotopic (exact) mass is 336 g/mol. The van der Waals surface area contributed by atoms with E-state index in [9.17, 15) is 14.0 Å². The van der Waals surface area contributed by atoms with Gasteiger partial charge in [0.2, 0.25) is 0 Å². The Hall–Kier alpha value is -3.21. The van der Waals surface area contributed by atoms with Gasteiger partial charge in [0.25, 0.3) is 11.5 Å². The van der Waals surface area contributed by atoms with Gasteiger partial charge in [-0.3, -0.25) is 14.2 Å². The topological polar surface area (TPSA) is 51.1 Å². The highest BCUT2D eigenvalue weighted by molar-refractivity contribution is 5.94. The maximum absolute atomic E-state index is 13.2. The van der Waals surface area contributed by atoms with Gasteiger partial charge < -0.3 is 5.32 Å². The molecule has 2 aromatic carbocycles. The normalized spacial score (nSPS) is 10.5. The summed E-state index contributed by atoms with van der Waals surface area (Å²) in [5.74, 6) is -0.534. The number of amides is 1. The third-order valence-electron chi connectivity index (χ3n) is 4.03. The molecule has 3 aromatic rings. The third-order valence-corrected chi connectivity index (χ3v) is 4.03. The molecule has 0 saturated heterocycles. The van der Waals surface area contributed by atoms with Gasteiger partial charge in [-0.25, -0.2) is 4.39 Å². The number of hydrogen-bond donors (Lipinski definition) is 1. The highest BCUT2D eigenvalue weighted by Gasteiger charge is 2.10. The summed E-state index contributed by atoms with van der Waals surface area (Å²) in [5.41, 5.74) is 3.30. The molecule has 0 aliphatic heterocycles. The summed E-state index contributed by atoms with van der Waals surface area (Å²) in [6.07, 6.45) is 1.72. The fourth-order valence-corrected chi connectivity index (χ4v) is 2.70.